The summed E-state index contributed by atoms with van der Waals surface area (Å²) in [6, 6.07) is 13.7. The van der Waals surface area contributed by atoms with Crippen molar-refractivity contribution < 1.29 is 19.2 Å². The number of amides is 1. The summed E-state index contributed by atoms with van der Waals surface area (Å²) < 4.78 is 10.6. The molecule has 27 heavy (non-hydrogen) atoms. The van der Waals surface area contributed by atoms with E-state index in [0.29, 0.717) is 18.8 Å². The number of methoxy groups -OCH3 is 1. The quantitative estimate of drug-likeness (QED) is 0.572. The fourth-order valence-corrected chi connectivity index (χ4v) is 2.93. The van der Waals surface area contributed by atoms with Crippen LogP contribution in [0, 0.1) is 10.1 Å². The van der Waals surface area contributed by atoms with Crippen LogP contribution < -0.4 is 14.4 Å². The second-order valence-corrected chi connectivity index (χ2v) is 6.11. The molecule has 3 rings (SSSR count). The lowest BCUT2D eigenvalue weighted by molar-refractivity contribution is -0.384. The third-order valence-corrected chi connectivity index (χ3v) is 4.46. The predicted octanol–water partition coefficient (Wildman–Crippen LogP) is 2.33. The number of nitro groups is 1. The van der Waals surface area contributed by atoms with Crippen molar-refractivity contribution in [1.82, 2.24) is 4.90 Å². The van der Waals surface area contributed by atoms with E-state index in [2.05, 4.69) is 4.90 Å². The number of anilines is 1. The number of carbonyl (C=O) groups excluding carboxylic acids is 1. The normalized spacial score (nSPS) is 14.0. The minimum absolute atomic E-state index is 0.0620. The van der Waals surface area contributed by atoms with Crippen molar-refractivity contribution in [2.24, 2.45) is 0 Å². The first-order chi connectivity index (χ1) is 13.1. The van der Waals surface area contributed by atoms with Gasteiger partial charge in [-0.15, -0.1) is 0 Å². The number of benzene rings is 2. The number of rotatable bonds is 6. The summed E-state index contributed by atoms with van der Waals surface area (Å²) in [7, 11) is 1.63. The number of hydrogen-bond donors (Lipinski definition) is 0. The highest BCUT2D eigenvalue weighted by atomic mass is 16.6. The van der Waals surface area contributed by atoms with E-state index in [9.17, 15) is 14.9 Å². The van der Waals surface area contributed by atoms with E-state index >= 15 is 0 Å². The predicted molar refractivity (Wildman–Crippen MR) is 100 cm³/mol. The maximum atomic E-state index is 12.3. The lowest BCUT2D eigenvalue weighted by Gasteiger charge is -2.36. The van der Waals surface area contributed by atoms with Crippen LogP contribution in [0.5, 0.6) is 11.5 Å². The number of non-ortho nitro benzene ring substituents is 1. The van der Waals surface area contributed by atoms with Crippen LogP contribution in [0.2, 0.25) is 0 Å². The first-order valence-electron chi connectivity index (χ1n) is 8.61. The number of hydrogen-bond acceptors (Lipinski definition) is 6. The number of piperazine rings is 1. The van der Waals surface area contributed by atoms with Crippen LogP contribution in [0.15, 0.2) is 48.5 Å². The van der Waals surface area contributed by atoms with E-state index in [1.165, 1.54) is 18.2 Å². The Balaban J connectivity index is 1.49. The average Bonchev–Trinajstić information content (AvgIpc) is 2.72. The smallest absolute Gasteiger partial charge is 0.273 e. The fraction of sp³-hybridized carbons (Fsp3) is 0.316. The Kier molecular flexibility index (Phi) is 5.75. The van der Waals surface area contributed by atoms with Gasteiger partial charge in [0.25, 0.3) is 11.6 Å². The molecule has 1 fully saturated rings. The summed E-state index contributed by atoms with van der Waals surface area (Å²) in [4.78, 5) is 26.6. The van der Waals surface area contributed by atoms with Gasteiger partial charge in [-0.2, -0.15) is 0 Å². The van der Waals surface area contributed by atoms with Crippen molar-refractivity contribution in [3.8, 4) is 11.5 Å². The van der Waals surface area contributed by atoms with Gasteiger partial charge in [0.1, 0.15) is 11.5 Å². The number of nitro benzene ring substituents is 1. The van der Waals surface area contributed by atoms with E-state index in [4.69, 9.17) is 9.47 Å². The molecule has 0 N–H and O–H groups in total. The van der Waals surface area contributed by atoms with Gasteiger partial charge >= 0.3 is 0 Å². The second kappa shape index (κ2) is 8.39. The van der Waals surface area contributed by atoms with Gasteiger partial charge in [-0.05, 0) is 30.3 Å². The van der Waals surface area contributed by atoms with Gasteiger partial charge in [0.05, 0.1) is 18.1 Å². The molecular weight excluding hydrogens is 350 g/mol. The van der Waals surface area contributed by atoms with Crippen molar-refractivity contribution in [3.05, 3.63) is 58.6 Å². The molecule has 0 radical (unpaired) electrons. The van der Waals surface area contributed by atoms with E-state index in [-0.39, 0.29) is 18.2 Å². The van der Waals surface area contributed by atoms with Crippen LogP contribution in [-0.4, -0.2) is 55.6 Å². The van der Waals surface area contributed by atoms with E-state index in [1.807, 2.05) is 24.3 Å². The molecule has 8 nitrogen and oxygen atoms in total. The SMILES string of the molecule is COc1ccc(N2CCN(C(=O)COc3cccc([N+](=O)[O-])c3)CC2)cc1. The third kappa shape index (κ3) is 4.66. The lowest BCUT2D eigenvalue weighted by Crippen LogP contribution is -2.50. The molecule has 0 aromatic heterocycles. The van der Waals surface area contributed by atoms with Gasteiger partial charge in [-0.1, -0.05) is 6.07 Å². The minimum Gasteiger partial charge on any atom is -0.497 e. The van der Waals surface area contributed by atoms with Gasteiger partial charge in [0.15, 0.2) is 6.61 Å². The molecule has 0 bridgehead atoms. The summed E-state index contributed by atoms with van der Waals surface area (Å²) >= 11 is 0. The third-order valence-electron chi connectivity index (χ3n) is 4.46. The number of carbonyl (C=O) groups is 1. The molecule has 2 aromatic rings. The Labute approximate surface area is 157 Å². The molecule has 0 aliphatic carbocycles. The highest BCUT2D eigenvalue weighted by Gasteiger charge is 2.21. The zero-order valence-corrected chi connectivity index (χ0v) is 15.0. The molecule has 0 unspecified atom stereocenters. The molecular formula is C19H21N3O5. The van der Waals surface area contributed by atoms with E-state index < -0.39 is 4.92 Å². The molecule has 1 aliphatic rings. The zero-order valence-electron chi connectivity index (χ0n) is 15.0. The fourth-order valence-electron chi connectivity index (χ4n) is 2.93. The Morgan fingerprint density at radius 2 is 1.78 bits per heavy atom. The number of ether oxygens (including phenoxy) is 2. The van der Waals surface area contributed by atoms with Crippen molar-refractivity contribution in [1.29, 1.82) is 0 Å². The van der Waals surface area contributed by atoms with Crippen molar-refractivity contribution in [2.75, 3.05) is 44.8 Å². The van der Waals surface area contributed by atoms with Gasteiger partial charge in [0, 0.05) is 37.9 Å². The Bertz CT molecular complexity index is 801. The molecule has 1 saturated heterocycles. The first kappa shape index (κ1) is 18.5. The van der Waals surface area contributed by atoms with Crippen LogP contribution >= 0.6 is 0 Å². The van der Waals surface area contributed by atoms with Gasteiger partial charge in [-0.3, -0.25) is 14.9 Å². The molecule has 0 spiro atoms. The molecule has 142 valence electrons. The van der Waals surface area contributed by atoms with Crippen LogP contribution in [0.4, 0.5) is 11.4 Å². The average molecular weight is 371 g/mol. The summed E-state index contributed by atoms with van der Waals surface area (Å²) in [5.41, 5.74) is 1.03. The Hall–Kier alpha value is -3.29. The highest BCUT2D eigenvalue weighted by Crippen LogP contribution is 2.21. The maximum absolute atomic E-state index is 12.3. The van der Waals surface area contributed by atoms with Crippen LogP contribution in [0.3, 0.4) is 0 Å². The highest BCUT2D eigenvalue weighted by molar-refractivity contribution is 5.78. The van der Waals surface area contributed by atoms with Crippen LogP contribution in [0.1, 0.15) is 0 Å². The topological polar surface area (TPSA) is 85.2 Å². The van der Waals surface area contributed by atoms with Gasteiger partial charge < -0.3 is 19.3 Å². The molecule has 0 saturated carbocycles. The van der Waals surface area contributed by atoms with Crippen molar-refractivity contribution in [2.45, 2.75) is 0 Å². The maximum Gasteiger partial charge on any atom is 0.273 e. The van der Waals surface area contributed by atoms with Crippen LogP contribution in [0.25, 0.3) is 0 Å². The zero-order chi connectivity index (χ0) is 19.2. The molecule has 2 aromatic carbocycles. The largest absolute Gasteiger partial charge is 0.497 e. The van der Waals surface area contributed by atoms with Gasteiger partial charge in [0.2, 0.25) is 0 Å². The monoisotopic (exact) mass is 371 g/mol. The number of nitrogens with zero attached hydrogens (tertiary/aromatic N) is 3. The Morgan fingerprint density at radius 1 is 1.07 bits per heavy atom. The van der Waals surface area contributed by atoms with E-state index in [1.54, 1.807) is 18.1 Å². The molecule has 1 heterocycles. The summed E-state index contributed by atoms with van der Waals surface area (Å²) in [6.45, 7) is 2.53. The lowest BCUT2D eigenvalue weighted by atomic mass is 10.2. The first-order valence-corrected chi connectivity index (χ1v) is 8.61. The second-order valence-electron chi connectivity index (χ2n) is 6.11. The minimum atomic E-state index is -0.493. The van der Waals surface area contributed by atoms with Crippen LogP contribution in [-0.2, 0) is 4.79 Å². The Morgan fingerprint density at radius 3 is 2.41 bits per heavy atom. The van der Waals surface area contributed by atoms with E-state index in [0.717, 1.165) is 24.5 Å². The molecule has 0 atom stereocenters. The molecule has 8 heteroatoms. The summed E-state index contributed by atoms with van der Waals surface area (Å²) in [5, 5.41) is 10.8. The molecule has 1 aliphatic heterocycles. The summed E-state index contributed by atoms with van der Waals surface area (Å²) in [6.07, 6.45) is 0. The van der Waals surface area contributed by atoms with Gasteiger partial charge in [-0.25, -0.2) is 0 Å². The van der Waals surface area contributed by atoms with Crippen molar-refractivity contribution >= 4 is 17.3 Å². The standard InChI is InChI=1S/C19H21N3O5/c1-26-17-7-5-15(6-8-17)20-9-11-21(12-10-20)19(23)14-27-18-4-2-3-16(13-18)22(24)25/h2-8,13H,9-12,14H2,1H3. The summed E-state index contributed by atoms with van der Waals surface area (Å²) in [5.74, 6) is 0.996. The van der Waals surface area contributed by atoms with Crippen molar-refractivity contribution in [3.63, 3.8) is 0 Å². The molecule has 1 amide bonds.